The minimum atomic E-state index is -0.219. The molecule has 106 valence electrons. The highest BCUT2D eigenvalue weighted by atomic mass is 35.5. The Bertz CT molecular complexity index is 808. The summed E-state index contributed by atoms with van der Waals surface area (Å²) in [7, 11) is 0. The summed E-state index contributed by atoms with van der Waals surface area (Å²) >= 11 is 6.46. The predicted octanol–water partition coefficient (Wildman–Crippen LogP) is 5.16. The predicted molar refractivity (Wildman–Crippen MR) is 90.9 cm³/mol. The molecule has 0 aromatic heterocycles. The van der Waals surface area contributed by atoms with Crippen molar-refractivity contribution in [1.82, 2.24) is 0 Å². The van der Waals surface area contributed by atoms with Crippen molar-refractivity contribution in [3.05, 3.63) is 81.9 Å². The molecule has 3 aromatic carbocycles. The number of fused-ring (bicyclic) bond motifs is 1. The van der Waals surface area contributed by atoms with Gasteiger partial charge in [0, 0.05) is 5.02 Å². The summed E-state index contributed by atoms with van der Waals surface area (Å²) < 4.78 is 0. The van der Waals surface area contributed by atoms with Crippen molar-refractivity contribution in [1.29, 1.82) is 0 Å². The fourth-order valence-corrected chi connectivity index (χ4v) is 3.13. The van der Waals surface area contributed by atoms with Crippen LogP contribution in [0, 0.1) is 13.8 Å². The molecule has 0 radical (unpaired) electrons. The molecule has 0 aliphatic carbocycles. The molecule has 1 unspecified atom stereocenters. The van der Waals surface area contributed by atoms with Gasteiger partial charge in [0.25, 0.3) is 0 Å². The Morgan fingerprint density at radius 1 is 0.857 bits per heavy atom. The minimum Gasteiger partial charge on any atom is -0.320 e. The number of hydrogen-bond acceptors (Lipinski definition) is 1. The molecular formula is C19H18ClN. The van der Waals surface area contributed by atoms with Crippen LogP contribution in [0.4, 0.5) is 0 Å². The molecule has 1 nitrogen and oxygen atoms in total. The topological polar surface area (TPSA) is 26.0 Å². The molecule has 0 fully saturated rings. The summed E-state index contributed by atoms with van der Waals surface area (Å²) in [5, 5.41) is 3.16. The number of nitrogens with two attached hydrogens (primary N) is 1. The SMILES string of the molecule is Cc1cccc(C(N)c2c(C)ccc3ccccc23)c1Cl. The lowest BCUT2D eigenvalue weighted by Gasteiger charge is -2.20. The van der Waals surface area contributed by atoms with E-state index in [9.17, 15) is 0 Å². The third-order valence-electron chi connectivity index (χ3n) is 4.06. The van der Waals surface area contributed by atoms with Crippen molar-refractivity contribution in [3.8, 4) is 0 Å². The van der Waals surface area contributed by atoms with Gasteiger partial charge in [-0.1, -0.05) is 66.2 Å². The van der Waals surface area contributed by atoms with Crippen LogP contribution in [0.15, 0.2) is 54.6 Å². The summed E-state index contributed by atoms with van der Waals surface area (Å²) in [6.07, 6.45) is 0. The highest BCUT2D eigenvalue weighted by molar-refractivity contribution is 6.32. The Balaban J connectivity index is 2.24. The molecular weight excluding hydrogens is 278 g/mol. The van der Waals surface area contributed by atoms with Crippen LogP contribution in [0.5, 0.6) is 0 Å². The lowest BCUT2D eigenvalue weighted by molar-refractivity contribution is 0.870. The second-order valence-corrected chi connectivity index (χ2v) is 5.85. The van der Waals surface area contributed by atoms with Crippen LogP contribution in [0.1, 0.15) is 28.3 Å². The van der Waals surface area contributed by atoms with E-state index in [-0.39, 0.29) is 6.04 Å². The van der Waals surface area contributed by atoms with Gasteiger partial charge < -0.3 is 5.73 Å². The molecule has 0 aliphatic heterocycles. The fraction of sp³-hybridized carbons (Fsp3) is 0.158. The van der Waals surface area contributed by atoms with E-state index >= 15 is 0 Å². The van der Waals surface area contributed by atoms with Crippen molar-refractivity contribution in [2.24, 2.45) is 5.73 Å². The third-order valence-corrected chi connectivity index (χ3v) is 4.57. The molecule has 0 amide bonds. The molecule has 21 heavy (non-hydrogen) atoms. The molecule has 3 aromatic rings. The second-order valence-electron chi connectivity index (χ2n) is 5.47. The highest BCUT2D eigenvalue weighted by Gasteiger charge is 2.17. The number of hydrogen-bond donors (Lipinski definition) is 1. The molecule has 0 bridgehead atoms. The van der Waals surface area contributed by atoms with Gasteiger partial charge in [-0.15, -0.1) is 0 Å². The first-order valence-electron chi connectivity index (χ1n) is 7.08. The van der Waals surface area contributed by atoms with Crippen LogP contribution in [0.3, 0.4) is 0 Å². The van der Waals surface area contributed by atoms with E-state index in [2.05, 4.69) is 37.3 Å². The van der Waals surface area contributed by atoms with Gasteiger partial charge in [-0.25, -0.2) is 0 Å². The summed E-state index contributed by atoms with van der Waals surface area (Å²) in [6.45, 7) is 4.11. The molecule has 3 rings (SSSR count). The number of rotatable bonds is 2. The summed E-state index contributed by atoms with van der Waals surface area (Å²) in [6, 6.07) is 18.4. The molecule has 2 N–H and O–H groups in total. The van der Waals surface area contributed by atoms with Gasteiger partial charge >= 0.3 is 0 Å². The van der Waals surface area contributed by atoms with Crippen molar-refractivity contribution in [3.63, 3.8) is 0 Å². The average Bonchev–Trinajstić information content (AvgIpc) is 2.49. The maximum atomic E-state index is 6.57. The molecule has 0 aliphatic rings. The first kappa shape index (κ1) is 14.1. The van der Waals surface area contributed by atoms with Crippen LogP contribution in [0.25, 0.3) is 10.8 Å². The number of halogens is 1. The lowest BCUT2D eigenvalue weighted by Crippen LogP contribution is -2.14. The van der Waals surface area contributed by atoms with Gasteiger partial charge in [0.1, 0.15) is 0 Å². The zero-order chi connectivity index (χ0) is 15.0. The highest BCUT2D eigenvalue weighted by Crippen LogP contribution is 2.34. The van der Waals surface area contributed by atoms with Gasteiger partial charge in [-0.05, 0) is 46.9 Å². The van der Waals surface area contributed by atoms with Crippen LogP contribution in [0.2, 0.25) is 5.02 Å². The maximum absolute atomic E-state index is 6.57. The summed E-state index contributed by atoms with van der Waals surface area (Å²) in [5.74, 6) is 0. The quantitative estimate of drug-likeness (QED) is 0.694. The maximum Gasteiger partial charge on any atom is 0.0575 e. The molecule has 0 saturated carbocycles. The van der Waals surface area contributed by atoms with E-state index in [4.69, 9.17) is 17.3 Å². The molecule has 0 heterocycles. The van der Waals surface area contributed by atoms with E-state index in [1.165, 1.54) is 16.3 Å². The normalized spacial score (nSPS) is 12.6. The van der Waals surface area contributed by atoms with Crippen molar-refractivity contribution in [2.75, 3.05) is 0 Å². The van der Waals surface area contributed by atoms with Crippen molar-refractivity contribution >= 4 is 22.4 Å². The minimum absolute atomic E-state index is 0.219. The van der Waals surface area contributed by atoms with E-state index < -0.39 is 0 Å². The van der Waals surface area contributed by atoms with Crippen LogP contribution in [-0.4, -0.2) is 0 Å². The van der Waals surface area contributed by atoms with Crippen LogP contribution in [-0.2, 0) is 0 Å². The van der Waals surface area contributed by atoms with Crippen LogP contribution < -0.4 is 5.73 Å². The Labute approximate surface area is 130 Å². The second kappa shape index (κ2) is 5.51. The summed E-state index contributed by atoms with van der Waals surface area (Å²) in [4.78, 5) is 0. The molecule has 2 heteroatoms. The zero-order valence-corrected chi connectivity index (χ0v) is 13.0. The largest absolute Gasteiger partial charge is 0.320 e. The Kier molecular flexibility index (Phi) is 3.71. The monoisotopic (exact) mass is 295 g/mol. The standard InChI is InChI=1S/C19H18ClN/c1-12-10-11-14-7-3-4-8-15(14)17(12)19(21)16-9-5-6-13(2)18(16)20/h3-11,19H,21H2,1-2H3. The van der Waals surface area contributed by atoms with Crippen LogP contribution >= 0.6 is 11.6 Å². The smallest absolute Gasteiger partial charge is 0.0575 e. The first-order chi connectivity index (χ1) is 10.1. The fourth-order valence-electron chi connectivity index (χ4n) is 2.88. The number of aryl methyl sites for hydroxylation is 2. The van der Waals surface area contributed by atoms with E-state index in [1.54, 1.807) is 0 Å². The van der Waals surface area contributed by atoms with E-state index in [0.717, 1.165) is 21.7 Å². The van der Waals surface area contributed by atoms with Gasteiger partial charge in [0.05, 0.1) is 6.04 Å². The van der Waals surface area contributed by atoms with Crippen molar-refractivity contribution < 1.29 is 0 Å². The average molecular weight is 296 g/mol. The molecule has 0 saturated heterocycles. The Morgan fingerprint density at radius 3 is 2.43 bits per heavy atom. The van der Waals surface area contributed by atoms with E-state index in [0.29, 0.717) is 0 Å². The van der Waals surface area contributed by atoms with Gasteiger partial charge in [0.15, 0.2) is 0 Å². The molecule has 1 atom stereocenters. The van der Waals surface area contributed by atoms with Crippen molar-refractivity contribution in [2.45, 2.75) is 19.9 Å². The van der Waals surface area contributed by atoms with Gasteiger partial charge in [-0.2, -0.15) is 0 Å². The Morgan fingerprint density at radius 2 is 1.62 bits per heavy atom. The zero-order valence-electron chi connectivity index (χ0n) is 12.2. The Hall–Kier alpha value is -1.83. The first-order valence-corrected chi connectivity index (χ1v) is 7.46. The van der Waals surface area contributed by atoms with Gasteiger partial charge in [-0.3, -0.25) is 0 Å². The number of benzene rings is 3. The molecule has 0 spiro atoms. The third kappa shape index (κ3) is 2.44. The van der Waals surface area contributed by atoms with Gasteiger partial charge in [0.2, 0.25) is 0 Å². The van der Waals surface area contributed by atoms with E-state index in [1.807, 2.05) is 31.2 Å². The summed E-state index contributed by atoms with van der Waals surface area (Å²) in [5.41, 5.74) is 11.0. The lowest BCUT2D eigenvalue weighted by atomic mass is 9.90.